The molecule has 0 heterocycles. The van der Waals surface area contributed by atoms with Crippen LogP contribution in [0.1, 0.15) is 24.0 Å². The normalized spacial score (nSPS) is 14.7. The molecule has 0 saturated heterocycles. The molecule has 0 aliphatic heterocycles. The molecule has 3 N–H and O–H groups in total. The monoisotopic (exact) mass is 375 g/mol. The summed E-state index contributed by atoms with van der Waals surface area (Å²) in [6.45, 7) is 3.54. The van der Waals surface area contributed by atoms with Crippen LogP contribution in [0.3, 0.4) is 0 Å². The Bertz CT molecular complexity index is 444. The molecule has 0 aromatic heterocycles. The number of halogens is 1. The van der Waals surface area contributed by atoms with Gasteiger partial charge in [-0.05, 0) is 37.3 Å². The van der Waals surface area contributed by atoms with Crippen LogP contribution in [0.2, 0.25) is 0 Å². The minimum Gasteiger partial charge on any atom is -0.493 e. The summed E-state index contributed by atoms with van der Waals surface area (Å²) >= 11 is 0. The zero-order chi connectivity index (χ0) is 13.0. The molecule has 0 atom stereocenters. The lowest BCUT2D eigenvalue weighted by atomic mass is 10.1. The van der Waals surface area contributed by atoms with E-state index >= 15 is 0 Å². The molecule has 0 radical (unpaired) electrons. The second-order valence-electron chi connectivity index (χ2n) is 4.83. The van der Waals surface area contributed by atoms with E-state index in [9.17, 15) is 0 Å². The number of nitrogens with zero attached hydrogens (tertiary/aromatic N) is 1. The van der Waals surface area contributed by atoms with E-state index < -0.39 is 0 Å². The van der Waals surface area contributed by atoms with Crippen molar-refractivity contribution in [2.75, 3.05) is 13.7 Å². The summed E-state index contributed by atoms with van der Waals surface area (Å²) < 4.78 is 5.89. The molecule has 0 amide bonds. The summed E-state index contributed by atoms with van der Waals surface area (Å²) in [5.41, 5.74) is 7.96. The minimum atomic E-state index is 0. The van der Waals surface area contributed by atoms with Crippen molar-refractivity contribution < 1.29 is 4.74 Å². The van der Waals surface area contributed by atoms with Gasteiger partial charge in [-0.25, -0.2) is 0 Å². The van der Waals surface area contributed by atoms with Gasteiger partial charge in [0.1, 0.15) is 5.75 Å². The molecule has 2 rings (SSSR count). The van der Waals surface area contributed by atoms with Gasteiger partial charge in [-0.3, -0.25) is 4.99 Å². The van der Waals surface area contributed by atoms with Crippen LogP contribution in [-0.2, 0) is 6.54 Å². The van der Waals surface area contributed by atoms with Gasteiger partial charge < -0.3 is 15.8 Å². The first-order valence-electron chi connectivity index (χ1n) is 6.37. The Morgan fingerprint density at radius 2 is 2.21 bits per heavy atom. The molecule has 106 valence electrons. The van der Waals surface area contributed by atoms with Crippen molar-refractivity contribution in [3.63, 3.8) is 0 Å². The number of ether oxygens (including phenoxy) is 1. The van der Waals surface area contributed by atoms with Gasteiger partial charge in [0.2, 0.25) is 0 Å². The van der Waals surface area contributed by atoms with Gasteiger partial charge in [0.25, 0.3) is 0 Å². The van der Waals surface area contributed by atoms with Gasteiger partial charge in [-0.15, -0.1) is 24.0 Å². The molecule has 0 spiro atoms. The van der Waals surface area contributed by atoms with E-state index in [0.717, 1.165) is 23.8 Å². The third-order valence-electron chi connectivity index (χ3n) is 3.09. The number of rotatable bonds is 5. The van der Waals surface area contributed by atoms with E-state index in [2.05, 4.69) is 35.4 Å². The molecular formula is C14H22IN3O. The molecule has 1 aliphatic carbocycles. The van der Waals surface area contributed by atoms with Crippen molar-refractivity contribution in [2.24, 2.45) is 16.6 Å². The molecule has 0 unspecified atom stereocenters. The number of benzene rings is 1. The van der Waals surface area contributed by atoms with Crippen LogP contribution < -0.4 is 15.8 Å². The van der Waals surface area contributed by atoms with Crippen LogP contribution in [0.25, 0.3) is 0 Å². The highest BCUT2D eigenvalue weighted by Crippen LogP contribution is 2.30. The van der Waals surface area contributed by atoms with Crippen LogP contribution in [-0.4, -0.2) is 19.6 Å². The van der Waals surface area contributed by atoms with E-state index in [1.54, 1.807) is 7.05 Å². The quantitative estimate of drug-likeness (QED) is 0.472. The predicted molar refractivity (Wildman–Crippen MR) is 89.2 cm³/mol. The topological polar surface area (TPSA) is 59.6 Å². The number of hydrogen-bond acceptors (Lipinski definition) is 2. The molecule has 0 bridgehead atoms. The summed E-state index contributed by atoms with van der Waals surface area (Å²) in [5, 5.41) is 3.06. The first kappa shape index (κ1) is 16.1. The van der Waals surface area contributed by atoms with Gasteiger partial charge in [0.05, 0.1) is 6.61 Å². The zero-order valence-corrected chi connectivity index (χ0v) is 13.8. The SMILES string of the molecule is CN=C(N)NCc1ccc(C)cc1OCC1CC1.I. The molecule has 1 aliphatic rings. The Morgan fingerprint density at radius 1 is 1.47 bits per heavy atom. The van der Waals surface area contributed by atoms with E-state index in [1.807, 2.05) is 0 Å². The number of guanidine groups is 1. The van der Waals surface area contributed by atoms with Crippen molar-refractivity contribution in [3.05, 3.63) is 29.3 Å². The molecule has 1 aromatic rings. The van der Waals surface area contributed by atoms with E-state index in [4.69, 9.17) is 10.5 Å². The fraction of sp³-hybridized carbons (Fsp3) is 0.500. The van der Waals surface area contributed by atoms with Crippen LogP contribution in [0, 0.1) is 12.8 Å². The van der Waals surface area contributed by atoms with E-state index in [-0.39, 0.29) is 24.0 Å². The average molecular weight is 375 g/mol. The molecule has 4 nitrogen and oxygen atoms in total. The van der Waals surface area contributed by atoms with Crippen LogP contribution >= 0.6 is 24.0 Å². The molecule has 1 fully saturated rings. The maximum Gasteiger partial charge on any atom is 0.188 e. The lowest BCUT2D eigenvalue weighted by Gasteiger charge is -2.13. The summed E-state index contributed by atoms with van der Waals surface area (Å²) in [4.78, 5) is 3.88. The Labute approximate surface area is 131 Å². The van der Waals surface area contributed by atoms with Crippen molar-refractivity contribution in [1.29, 1.82) is 0 Å². The molecule has 19 heavy (non-hydrogen) atoms. The average Bonchev–Trinajstić information content (AvgIpc) is 3.18. The van der Waals surface area contributed by atoms with Gasteiger partial charge in [-0.2, -0.15) is 0 Å². The Kier molecular flexibility index (Phi) is 6.41. The van der Waals surface area contributed by atoms with Crippen molar-refractivity contribution in [3.8, 4) is 5.75 Å². The lowest BCUT2D eigenvalue weighted by Crippen LogP contribution is -2.30. The van der Waals surface area contributed by atoms with Gasteiger partial charge >= 0.3 is 0 Å². The van der Waals surface area contributed by atoms with Crippen LogP contribution in [0.15, 0.2) is 23.2 Å². The number of aryl methyl sites for hydroxylation is 1. The van der Waals surface area contributed by atoms with Crippen molar-refractivity contribution in [1.82, 2.24) is 5.32 Å². The Balaban J connectivity index is 0.00000180. The standard InChI is InChI=1S/C14H21N3O.HI/c1-10-3-6-12(8-17-14(15)16-2)13(7-10)18-9-11-4-5-11;/h3,6-7,11H,4-5,8-9H2,1-2H3,(H3,15,16,17);1H. The highest BCUT2D eigenvalue weighted by atomic mass is 127. The van der Waals surface area contributed by atoms with E-state index in [1.165, 1.54) is 18.4 Å². The summed E-state index contributed by atoms with van der Waals surface area (Å²) in [7, 11) is 1.67. The van der Waals surface area contributed by atoms with Crippen molar-refractivity contribution in [2.45, 2.75) is 26.3 Å². The maximum atomic E-state index is 5.89. The van der Waals surface area contributed by atoms with Crippen molar-refractivity contribution >= 4 is 29.9 Å². The van der Waals surface area contributed by atoms with Crippen LogP contribution in [0.5, 0.6) is 5.75 Å². The molecule has 1 aromatic carbocycles. The number of nitrogens with two attached hydrogens (primary N) is 1. The van der Waals surface area contributed by atoms with E-state index in [0.29, 0.717) is 12.5 Å². The number of hydrogen-bond donors (Lipinski definition) is 2. The lowest BCUT2D eigenvalue weighted by molar-refractivity contribution is 0.296. The Morgan fingerprint density at radius 3 is 2.84 bits per heavy atom. The highest BCUT2D eigenvalue weighted by Gasteiger charge is 2.22. The first-order valence-corrected chi connectivity index (χ1v) is 6.37. The predicted octanol–water partition coefficient (Wildman–Crippen LogP) is 2.44. The van der Waals surface area contributed by atoms with Gasteiger partial charge in [0.15, 0.2) is 5.96 Å². The second kappa shape index (κ2) is 7.57. The molecular weight excluding hydrogens is 353 g/mol. The minimum absolute atomic E-state index is 0. The summed E-state index contributed by atoms with van der Waals surface area (Å²) in [6, 6.07) is 6.24. The van der Waals surface area contributed by atoms with Crippen LogP contribution in [0.4, 0.5) is 0 Å². The molecule has 1 saturated carbocycles. The smallest absolute Gasteiger partial charge is 0.188 e. The Hall–Kier alpha value is -0.980. The fourth-order valence-electron chi connectivity index (χ4n) is 1.70. The largest absolute Gasteiger partial charge is 0.493 e. The van der Waals surface area contributed by atoms with Gasteiger partial charge in [-0.1, -0.05) is 12.1 Å². The third-order valence-corrected chi connectivity index (χ3v) is 3.09. The zero-order valence-electron chi connectivity index (χ0n) is 11.5. The second-order valence-corrected chi connectivity index (χ2v) is 4.83. The number of aliphatic imine (C=N–C) groups is 1. The summed E-state index contributed by atoms with van der Waals surface area (Å²) in [5.74, 6) is 2.16. The number of nitrogens with one attached hydrogen (secondary N) is 1. The van der Waals surface area contributed by atoms with Gasteiger partial charge in [0, 0.05) is 19.2 Å². The summed E-state index contributed by atoms with van der Waals surface area (Å²) in [6.07, 6.45) is 2.60. The molecule has 5 heteroatoms. The highest BCUT2D eigenvalue weighted by molar-refractivity contribution is 14.0. The fourth-order valence-corrected chi connectivity index (χ4v) is 1.70. The first-order chi connectivity index (χ1) is 8.69. The maximum absolute atomic E-state index is 5.89. The third kappa shape index (κ3) is 5.26.